The second-order valence-electron chi connectivity index (χ2n) is 8.48. The third-order valence-electron chi connectivity index (χ3n) is 6.19. The molecule has 1 aromatic carbocycles. The average molecular weight is 523 g/mol. The van der Waals surface area contributed by atoms with Gasteiger partial charge in [-0.2, -0.15) is 0 Å². The van der Waals surface area contributed by atoms with Gasteiger partial charge in [-0.1, -0.05) is 0 Å². The largest absolute Gasteiger partial charge is 0.379 e. The summed E-state index contributed by atoms with van der Waals surface area (Å²) in [5.74, 6) is 0.735. The first-order chi connectivity index (χ1) is 16.5. The molecule has 176 valence electrons. The SMILES string of the molecule is Cc1cc(-c2nc3cc(Br)cnc3[nH]2)c(C)n1-c1ccc(C(=O)NCCN2CCOCC2)cc1. The van der Waals surface area contributed by atoms with Crippen molar-refractivity contribution >= 4 is 33.0 Å². The number of halogens is 1. The molecule has 34 heavy (non-hydrogen) atoms. The molecule has 0 atom stereocenters. The van der Waals surface area contributed by atoms with Crippen molar-refractivity contribution in [2.24, 2.45) is 0 Å². The summed E-state index contributed by atoms with van der Waals surface area (Å²) in [5.41, 5.74) is 6.41. The summed E-state index contributed by atoms with van der Waals surface area (Å²) in [4.78, 5) is 27.3. The molecule has 0 spiro atoms. The summed E-state index contributed by atoms with van der Waals surface area (Å²) in [6.45, 7) is 8.98. The van der Waals surface area contributed by atoms with Gasteiger partial charge in [0, 0.05) is 65.1 Å². The van der Waals surface area contributed by atoms with Crippen LogP contribution in [-0.2, 0) is 4.74 Å². The first-order valence-electron chi connectivity index (χ1n) is 11.4. The van der Waals surface area contributed by atoms with Crippen molar-refractivity contribution < 1.29 is 9.53 Å². The summed E-state index contributed by atoms with van der Waals surface area (Å²) in [6.07, 6.45) is 1.76. The second kappa shape index (κ2) is 9.69. The highest BCUT2D eigenvalue weighted by Gasteiger charge is 2.17. The van der Waals surface area contributed by atoms with E-state index < -0.39 is 0 Å². The van der Waals surface area contributed by atoms with E-state index in [2.05, 4.69) is 60.6 Å². The molecule has 5 rings (SSSR count). The fraction of sp³-hybridized carbons (Fsp3) is 0.320. The van der Waals surface area contributed by atoms with Crippen LogP contribution >= 0.6 is 15.9 Å². The van der Waals surface area contributed by atoms with Crippen LogP contribution in [0.25, 0.3) is 28.2 Å². The Labute approximate surface area is 206 Å². The number of aromatic amines is 1. The number of aryl methyl sites for hydroxylation is 1. The molecule has 1 aliphatic rings. The normalized spacial score (nSPS) is 14.6. The molecule has 0 saturated carbocycles. The first-order valence-corrected chi connectivity index (χ1v) is 12.2. The fourth-order valence-electron chi connectivity index (χ4n) is 4.41. The van der Waals surface area contributed by atoms with E-state index in [-0.39, 0.29) is 5.91 Å². The maximum atomic E-state index is 12.6. The molecule has 8 nitrogen and oxygen atoms in total. The molecular weight excluding hydrogens is 496 g/mol. The maximum absolute atomic E-state index is 12.6. The molecule has 9 heteroatoms. The number of ether oxygens (including phenoxy) is 1. The molecular formula is C25H27BrN6O2. The lowest BCUT2D eigenvalue weighted by Gasteiger charge is -2.26. The number of nitrogens with one attached hydrogen (secondary N) is 2. The molecule has 3 aromatic heterocycles. The van der Waals surface area contributed by atoms with Crippen LogP contribution < -0.4 is 5.32 Å². The van der Waals surface area contributed by atoms with Crippen molar-refractivity contribution in [2.75, 3.05) is 39.4 Å². The molecule has 4 heterocycles. The van der Waals surface area contributed by atoms with Gasteiger partial charge in [0.25, 0.3) is 5.91 Å². The van der Waals surface area contributed by atoms with Gasteiger partial charge in [-0.25, -0.2) is 9.97 Å². The molecule has 1 fully saturated rings. The predicted octanol–water partition coefficient (Wildman–Crippen LogP) is 3.86. The molecule has 0 radical (unpaired) electrons. The van der Waals surface area contributed by atoms with E-state index in [0.717, 1.165) is 76.9 Å². The Hall–Kier alpha value is -3.01. The molecule has 1 saturated heterocycles. The molecule has 2 N–H and O–H groups in total. The molecule has 0 bridgehead atoms. The number of nitrogens with zero attached hydrogens (tertiary/aromatic N) is 4. The zero-order chi connectivity index (χ0) is 23.7. The summed E-state index contributed by atoms with van der Waals surface area (Å²) in [6, 6.07) is 11.8. The van der Waals surface area contributed by atoms with Crippen LogP contribution in [0.4, 0.5) is 0 Å². The van der Waals surface area contributed by atoms with Crippen molar-refractivity contribution in [1.29, 1.82) is 0 Å². The number of rotatable bonds is 6. The maximum Gasteiger partial charge on any atom is 0.251 e. The number of carbonyl (C=O) groups is 1. The number of H-pyrrole nitrogens is 1. The Morgan fingerprint density at radius 2 is 1.94 bits per heavy atom. The number of carbonyl (C=O) groups excluding carboxylic acids is 1. The first kappa shape index (κ1) is 22.8. The summed E-state index contributed by atoms with van der Waals surface area (Å²) in [7, 11) is 0. The van der Waals surface area contributed by atoms with Gasteiger partial charge in [0.1, 0.15) is 11.3 Å². The Bertz CT molecular complexity index is 1320. The van der Waals surface area contributed by atoms with Gasteiger partial charge < -0.3 is 19.6 Å². The lowest BCUT2D eigenvalue weighted by Crippen LogP contribution is -2.41. The Morgan fingerprint density at radius 1 is 1.18 bits per heavy atom. The lowest BCUT2D eigenvalue weighted by atomic mass is 10.2. The molecule has 0 unspecified atom stereocenters. The van der Waals surface area contributed by atoms with E-state index in [1.165, 1.54) is 0 Å². The van der Waals surface area contributed by atoms with Crippen LogP contribution in [0.3, 0.4) is 0 Å². The van der Waals surface area contributed by atoms with Crippen LogP contribution in [0.1, 0.15) is 21.7 Å². The molecule has 4 aromatic rings. The van der Waals surface area contributed by atoms with Gasteiger partial charge in [0.2, 0.25) is 0 Å². The zero-order valence-corrected chi connectivity index (χ0v) is 20.9. The van der Waals surface area contributed by atoms with E-state index in [0.29, 0.717) is 12.1 Å². The van der Waals surface area contributed by atoms with Crippen molar-refractivity contribution in [1.82, 2.24) is 29.7 Å². The molecule has 1 aliphatic heterocycles. The predicted molar refractivity (Wildman–Crippen MR) is 135 cm³/mol. The number of hydrogen-bond donors (Lipinski definition) is 2. The van der Waals surface area contributed by atoms with Crippen LogP contribution in [0, 0.1) is 13.8 Å². The van der Waals surface area contributed by atoms with E-state index in [1.807, 2.05) is 30.3 Å². The Morgan fingerprint density at radius 3 is 2.71 bits per heavy atom. The fourth-order valence-corrected chi connectivity index (χ4v) is 4.73. The zero-order valence-electron chi connectivity index (χ0n) is 19.3. The number of amides is 1. The third-order valence-corrected chi connectivity index (χ3v) is 6.63. The number of imidazole rings is 1. The Kier molecular flexibility index (Phi) is 6.49. The minimum absolute atomic E-state index is 0.0533. The summed E-state index contributed by atoms with van der Waals surface area (Å²) < 4.78 is 8.43. The van der Waals surface area contributed by atoms with E-state index in [9.17, 15) is 4.79 Å². The van der Waals surface area contributed by atoms with E-state index in [1.54, 1.807) is 6.20 Å². The van der Waals surface area contributed by atoms with Gasteiger partial charge in [-0.05, 0) is 66.2 Å². The Balaban J connectivity index is 1.31. The number of benzene rings is 1. The van der Waals surface area contributed by atoms with Gasteiger partial charge in [-0.3, -0.25) is 9.69 Å². The number of morpholine rings is 1. The van der Waals surface area contributed by atoms with Crippen molar-refractivity contribution in [2.45, 2.75) is 13.8 Å². The number of hydrogen-bond acceptors (Lipinski definition) is 5. The van der Waals surface area contributed by atoms with Crippen molar-refractivity contribution in [3.05, 3.63) is 64.0 Å². The molecule has 0 aliphatic carbocycles. The van der Waals surface area contributed by atoms with Crippen LogP contribution in [0.15, 0.2) is 47.1 Å². The smallest absolute Gasteiger partial charge is 0.251 e. The van der Waals surface area contributed by atoms with E-state index in [4.69, 9.17) is 9.72 Å². The lowest BCUT2D eigenvalue weighted by molar-refractivity contribution is 0.0383. The third kappa shape index (κ3) is 4.64. The standard InChI is InChI=1S/C25H27BrN6O2/c1-16-13-21(23-29-22-14-19(26)15-28-24(22)30-23)17(2)32(16)20-5-3-18(4-6-20)25(33)27-7-8-31-9-11-34-12-10-31/h3-6,13-15H,7-12H2,1-2H3,(H,27,33)(H,28,29,30). The van der Waals surface area contributed by atoms with E-state index >= 15 is 0 Å². The van der Waals surface area contributed by atoms with Gasteiger partial charge in [-0.15, -0.1) is 0 Å². The number of pyridine rings is 1. The highest BCUT2D eigenvalue weighted by atomic mass is 79.9. The second-order valence-corrected chi connectivity index (χ2v) is 9.40. The monoisotopic (exact) mass is 522 g/mol. The minimum Gasteiger partial charge on any atom is -0.379 e. The van der Waals surface area contributed by atoms with Crippen LogP contribution in [0.2, 0.25) is 0 Å². The quantitative estimate of drug-likeness (QED) is 0.401. The van der Waals surface area contributed by atoms with Gasteiger partial charge >= 0.3 is 0 Å². The van der Waals surface area contributed by atoms with Gasteiger partial charge in [0.05, 0.1) is 13.2 Å². The van der Waals surface area contributed by atoms with Crippen LogP contribution in [-0.4, -0.2) is 69.7 Å². The number of aromatic nitrogens is 4. The highest BCUT2D eigenvalue weighted by molar-refractivity contribution is 9.10. The molecule has 1 amide bonds. The van der Waals surface area contributed by atoms with Crippen molar-refractivity contribution in [3.8, 4) is 17.1 Å². The summed E-state index contributed by atoms with van der Waals surface area (Å²) >= 11 is 3.45. The van der Waals surface area contributed by atoms with Crippen LogP contribution in [0.5, 0.6) is 0 Å². The highest BCUT2D eigenvalue weighted by Crippen LogP contribution is 2.29. The van der Waals surface area contributed by atoms with Gasteiger partial charge in [0.15, 0.2) is 5.65 Å². The summed E-state index contributed by atoms with van der Waals surface area (Å²) in [5, 5.41) is 3.02. The topological polar surface area (TPSA) is 88.1 Å². The van der Waals surface area contributed by atoms with Crippen molar-refractivity contribution in [3.63, 3.8) is 0 Å². The number of fused-ring (bicyclic) bond motifs is 1. The minimum atomic E-state index is -0.0533. The average Bonchev–Trinajstić information content (AvgIpc) is 3.39.